The van der Waals surface area contributed by atoms with Crippen molar-refractivity contribution in [2.45, 2.75) is 13.5 Å². The number of nitrogens with one attached hydrogen (secondary N) is 1. The van der Waals surface area contributed by atoms with Crippen molar-refractivity contribution in [1.29, 1.82) is 0 Å². The van der Waals surface area contributed by atoms with E-state index in [0.717, 1.165) is 40.3 Å². The number of carboxylic acid groups (broad SMARTS) is 1. The highest BCUT2D eigenvalue weighted by atomic mass is 35.5. The molecule has 1 unspecified atom stereocenters. The Morgan fingerprint density at radius 3 is 2.26 bits per heavy atom. The van der Waals surface area contributed by atoms with E-state index in [9.17, 15) is 14.1 Å². The molecule has 0 amide bonds. The molecule has 0 saturated heterocycles. The van der Waals surface area contributed by atoms with E-state index < -0.39 is 17.0 Å². The number of aromatic carboxylic acids is 1. The second-order valence-corrected chi connectivity index (χ2v) is 11.5. The van der Waals surface area contributed by atoms with E-state index in [1.165, 1.54) is 18.4 Å². The average molecular weight is 633 g/mol. The maximum Gasteiger partial charge on any atom is 0.337 e. The number of carboxylic acids is 1. The number of ether oxygens (including phenoxy) is 1. The number of halogens is 2. The van der Waals surface area contributed by atoms with Crippen LogP contribution in [-0.4, -0.2) is 31.1 Å². The molecular formula is C33H27Cl2N3O4S. The van der Waals surface area contributed by atoms with Gasteiger partial charge in [0.25, 0.3) is 0 Å². The summed E-state index contributed by atoms with van der Waals surface area (Å²) in [5.74, 6) is 0.603. The van der Waals surface area contributed by atoms with Crippen LogP contribution in [0.1, 0.15) is 28.7 Å². The lowest BCUT2D eigenvalue weighted by atomic mass is 10.0. The van der Waals surface area contributed by atoms with Crippen LogP contribution in [0.25, 0.3) is 34.5 Å². The Bertz CT molecular complexity index is 1830. The summed E-state index contributed by atoms with van der Waals surface area (Å²) in [6.45, 7) is 2.83. The lowest BCUT2D eigenvalue weighted by Gasteiger charge is -2.11. The van der Waals surface area contributed by atoms with Gasteiger partial charge < -0.3 is 19.1 Å². The molecule has 5 rings (SSSR count). The van der Waals surface area contributed by atoms with E-state index >= 15 is 0 Å². The summed E-state index contributed by atoms with van der Waals surface area (Å²) in [5, 5.41) is 10.7. The summed E-state index contributed by atoms with van der Waals surface area (Å²) in [6.07, 6.45) is 7.42. The Kier molecular flexibility index (Phi) is 9.31. The van der Waals surface area contributed by atoms with Crippen LogP contribution in [0.3, 0.4) is 0 Å². The molecule has 1 atom stereocenters. The van der Waals surface area contributed by atoms with Crippen molar-refractivity contribution in [3.63, 3.8) is 0 Å². The highest BCUT2D eigenvalue weighted by Gasteiger charge is 2.14. The van der Waals surface area contributed by atoms with Gasteiger partial charge in [-0.15, -0.1) is 0 Å². The van der Waals surface area contributed by atoms with Crippen molar-refractivity contribution in [2.24, 2.45) is 0 Å². The van der Waals surface area contributed by atoms with Gasteiger partial charge in [-0.05, 0) is 78.2 Å². The van der Waals surface area contributed by atoms with Crippen LogP contribution in [0.4, 0.5) is 5.69 Å². The van der Waals surface area contributed by atoms with Crippen LogP contribution in [0.15, 0.2) is 91.1 Å². The lowest BCUT2D eigenvalue weighted by molar-refractivity contribution is 0.0697. The molecule has 0 radical (unpaired) electrons. The minimum Gasteiger partial charge on any atom is -0.478 e. The molecule has 1 heterocycles. The van der Waals surface area contributed by atoms with Gasteiger partial charge in [0.15, 0.2) is 0 Å². The number of aryl methyl sites for hydroxylation is 1. The second-order valence-electron chi connectivity index (χ2n) is 9.55. The normalized spacial score (nSPS) is 11.9. The zero-order chi connectivity index (χ0) is 30.5. The molecule has 0 bridgehead atoms. The van der Waals surface area contributed by atoms with Gasteiger partial charge in [0.2, 0.25) is 0 Å². The van der Waals surface area contributed by atoms with Gasteiger partial charge in [-0.1, -0.05) is 65.7 Å². The smallest absolute Gasteiger partial charge is 0.337 e. The van der Waals surface area contributed by atoms with E-state index in [1.807, 2.05) is 72.9 Å². The van der Waals surface area contributed by atoms with Gasteiger partial charge in [-0.25, -0.2) is 14.0 Å². The summed E-state index contributed by atoms with van der Waals surface area (Å²) in [7, 11) is -1.40. The summed E-state index contributed by atoms with van der Waals surface area (Å²) in [6, 6.07) is 25.7. The quantitative estimate of drug-likeness (QED) is 0.160. The van der Waals surface area contributed by atoms with E-state index in [0.29, 0.717) is 21.5 Å². The predicted molar refractivity (Wildman–Crippen MR) is 175 cm³/mol. The number of benzene rings is 4. The molecule has 4 aromatic carbocycles. The average Bonchev–Trinajstić information content (AvgIpc) is 3.40. The van der Waals surface area contributed by atoms with Gasteiger partial charge >= 0.3 is 5.97 Å². The molecule has 218 valence electrons. The van der Waals surface area contributed by atoms with Crippen molar-refractivity contribution in [3.05, 3.63) is 118 Å². The first-order valence-electron chi connectivity index (χ1n) is 13.3. The number of imidazole rings is 1. The topological polar surface area (TPSA) is 93.5 Å². The number of carbonyl (C=O) groups is 1. The number of aromatic nitrogens is 2. The fourth-order valence-electron chi connectivity index (χ4n) is 4.46. The van der Waals surface area contributed by atoms with Crippen molar-refractivity contribution in [1.82, 2.24) is 9.55 Å². The third kappa shape index (κ3) is 7.35. The molecule has 5 aromatic rings. The Morgan fingerprint density at radius 1 is 0.953 bits per heavy atom. The lowest BCUT2D eigenvalue weighted by Crippen LogP contribution is -2.07. The molecule has 1 aromatic heterocycles. The molecule has 0 spiro atoms. The third-order valence-corrected chi connectivity index (χ3v) is 7.64. The highest BCUT2D eigenvalue weighted by Crippen LogP contribution is 2.31. The van der Waals surface area contributed by atoms with Crippen molar-refractivity contribution < 1.29 is 18.8 Å². The van der Waals surface area contributed by atoms with Crippen LogP contribution in [-0.2, 0) is 17.5 Å². The summed E-state index contributed by atoms with van der Waals surface area (Å²) in [5.41, 5.74) is 4.93. The summed E-state index contributed by atoms with van der Waals surface area (Å²) < 4.78 is 22.0. The van der Waals surface area contributed by atoms with E-state index in [-0.39, 0.29) is 11.3 Å². The Labute approximate surface area is 262 Å². The van der Waals surface area contributed by atoms with Crippen LogP contribution in [0.2, 0.25) is 10.0 Å². The fourth-order valence-corrected chi connectivity index (χ4v) is 5.45. The first-order chi connectivity index (χ1) is 20.7. The predicted octanol–water partition coefficient (Wildman–Crippen LogP) is 8.91. The molecule has 43 heavy (non-hydrogen) atoms. The fraction of sp³-hybridized carbons (Fsp3) is 0.0909. The van der Waals surface area contributed by atoms with Gasteiger partial charge in [0.05, 0.1) is 22.0 Å². The van der Waals surface area contributed by atoms with Crippen molar-refractivity contribution >= 4 is 58.0 Å². The number of nitrogens with zero attached hydrogens (tertiary/aromatic N) is 2. The molecule has 0 aliphatic rings. The summed E-state index contributed by atoms with van der Waals surface area (Å²) >= 11 is 12.4. The van der Waals surface area contributed by atoms with Crippen LogP contribution in [0.5, 0.6) is 11.5 Å². The molecule has 0 aliphatic carbocycles. The van der Waals surface area contributed by atoms with Crippen LogP contribution in [0, 0.1) is 0 Å². The maximum atomic E-state index is 11.6. The second kappa shape index (κ2) is 13.3. The third-order valence-electron chi connectivity index (χ3n) is 6.59. The molecule has 2 N–H and O–H groups in total. The van der Waals surface area contributed by atoms with E-state index in [4.69, 9.17) is 32.9 Å². The van der Waals surface area contributed by atoms with E-state index in [1.54, 1.807) is 18.2 Å². The molecule has 0 aliphatic heterocycles. The minimum atomic E-state index is -1.40. The zero-order valence-corrected chi connectivity index (χ0v) is 25.6. The van der Waals surface area contributed by atoms with Crippen molar-refractivity contribution in [2.75, 3.05) is 11.0 Å². The van der Waals surface area contributed by atoms with Gasteiger partial charge in [0.1, 0.15) is 28.3 Å². The molecule has 0 saturated carbocycles. The van der Waals surface area contributed by atoms with Crippen molar-refractivity contribution in [3.8, 4) is 33.9 Å². The standard InChI is InChI=1S/C33H27Cl2N3O4S/c1-3-38-20-31(27-15-11-24(34)18-29(27)35)36-32(38)17-6-21-4-7-22(8-5-21)23-9-12-25(13-10-23)42-26-14-16-30(37-43(2)41)28(19-26)33(39)40/h4-20,37H,3H2,1-2H3,(H,39,40)/b17-6+. The zero-order valence-electron chi connectivity index (χ0n) is 23.3. The number of hydrogen-bond donors (Lipinski definition) is 2. The first-order valence-corrected chi connectivity index (χ1v) is 15.6. The van der Waals surface area contributed by atoms with Gasteiger partial charge in [-0.2, -0.15) is 0 Å². The monoisotopic (exact) mass is 631 g/mol. The molecule has 10 heteroatoms. The maximum absolute atomic E-state index is 11.6. The largest absolute Gasteiger partial charge is 0.478 e. The SMILES string of the molecule is CCn1cc(-c2ccc(Cl)cc2Cl)nc1/C=C/c1ccc(-c2ccc(Oc3ccc(NS(C)=O)c(C(=O)O)c3)cc2)cc1. The number of hydrogen-bond acceptors (Lipinski definition) is 4. The first kappa shape index (κ1) is 30.1. The molecule has 0 fully saturated rings. The van der Waals surface area contributed by atoms with Crippen LogP contribution < -0.4 is 9.46 Å². The van der Waals surface area contributed by atoms with E-state index in [2.05, 4.69) is 16.2 Å². The Morgan fingerprint density at radius 2 is 1.63 bits per heavy atom. The van der Waals surface area contributed by atoms with Gasteiger partial charge in [-0.3, -0.25) is 0 Å². The number of rotatable bonds is 10. The molecule has 7 nitrogen and oxygen atoms in total. The molecular weight excluding hydrogens is 605 g/mol. The summed E-state index contributed by atoms with van der Waals surface area (Å²) in [4.78, 5) is 16.4. The Hall–Kier alpha value is -4.37. The number of anilines is 1. The Balaban J connectivity index is 1.27. The van der Waals surface area contributed by atoms with Crippen LogP contribution >= 0.6 is 23.2 Å². The van der Waals surface area contributed by atoms with Gasteiger partial charge in [0, 0.05) is 29.6 Å². The highest BCUT2D eigenvalue weighted by molar-refractivity contribution is 7.85. The minimum absolute atomic E-state index is 0.0245.